The number of nitrogens with zero attached hydrogens (tertiary/aromatic N) is 1. The van der Waals surface area contributed by atoms with Crippen molar-refractivity contribution in [3.63, 3.8) is 0 Å². The van der Waals surface area contributed by atoms with E-state index in [4.69, 9.17) is 28.5 Å². The number of ether oxygens (including phenoxy) is 5. The summed E-state index contributed by atoms with van der Waals surface area (Å²) in [6.07, 6.45) is 10.3. The number of hydrogen-bond donors (Lipinski definition) is 0. The summed E-state index contributed by atoms with van der Waals surface area (Å²) in [7, 11) is 0. The van der Waals surface area contributed by atoms with Gasteiger partial charge in [-0.05, 0) is 46.5 Å². The lowest BCUT2D eigenvalue weighted by molar-refractivity contribution is -0.298. The summed E-state index contributed by atoms with van der Waals surface area (Å²) >= 11 is 0. The summed E-state index contributed by atoms with van der Waals surface area (Å²) < 4.78 is 31.0. The van der Waals surface area contributed by atoms with E-state index in [-0.39, 0.29) is 30.7 Å². The maximum absolute atomic E-state index is 6.30. The predicted octanol–water partition coefficient (Wildman–Crippen LogP) is 5.17. The van der Waals surface area contributed by atoms with Crippen LogP contribution in [0.3, 0.4) is 0 Å². The maximum Gasteiger partial charge on any atom is 0.190 e. The quantitative estimate of drug-likeness (QED) is 0.248. The monoisotopic (exact) mass is 457 g/mol. The van der Waals surface area contributed by atoms with Crippen LogP contribution < -0.4 is 0 Å². The Morgan fingerprint density at radius 3 is 2.28 bits per heavy atom. The van der Waals surface area contributed by atoms with Crippen LogP contribution in [0.4, 0.5) is 0 Å². The van der Waals surface area contributed by atoms with Gasteiger partial charge in [0.15, 0.2) is 18.4 Å². The molecule has 32 heavy (non-hydrogen) atoms. The lowest BCUT2D eigenvalue weighted by atomic mass is 10.1. The largest absolute Gasteiger partial charge is 0.353 e. The normalized spacial score (nSPS) is 31.8. The van der Waals surface area contributed by atoms with E-state index in [1.54, 1.807) is 0 Å². The molecule has 1 unspecified atom stereocenters. The average molecular weight is 458 g/mol. The molecule has 0 aliphatic carbocycles. The van der Waals surface area contributed by atoms with Gasteiger partial charge in [-0.25, -0.2) is 0 Å². The van der Waals surface area contributed by atoms with Gasteiger partial charge in [0.05, 0.1) is 0 Å². The van der Waals surface area contributed by atoms with Crippen molar-refractivity contribution in [1.82, 2.24) is 5.06 Å². The highest BCUT2D eigenvalue weighted by molar-refractivity contribution is 4.97. The van der Waals surface area contributed by atoms with Gasteiger partial charge >= 0.3 is 0 Å². The number of rotatable bonds is 15. The van der Waals surface area contributed by atoms with E-state index in [0.29, 0.717) is 6.61 Å². The molecule has 0 spiro atoms. The van der Waals surface area contributed by atoms with Crippen molar-refractivity contribution in [3.8, 4) is 0 Å². The van der Waals surface area contributed by atoms with E-state index in [9.17, 15) is 0 Å². The third-order valence-electron chi connectivity index (χ3n) is 6.56. The van der Waals surface area contributed by atoms with Crippen LogP contribution >= 0.6 is 0 Å². The van der Waals surface area contributed by atoms with Gasteiger partial charge in [0.2, 0.25) is 0 Å². The molecule has 0 radical (unpaired) electrons. The van der Waals surface area contributed by atoms with Crippen molar-refractivity contribution >= 4 is 0 Å². The van der Waals surface area contributed by atoms with Crippen molar-refractivity contribution in [2.24, 2.45) is 0 Å². The van der Waals surface area contributed by atoms with Crippen LogP contribution in [0.5, 0.6) is 0 Å². The van der Waals surface area contributed by atoms with Gasteiger partial charge in [0, 0.05) is 19.7 Å². The minimum Gasteiger partial charge on any atom is -0.353 e. The van der Waals surface area contributed by atoms with E-state index in [1.807, 2.05) is 25.8 Å². The van der Waals surface area contributed by atoms with Crippen LogP contribution in [0.2, 0.25) is 0 Å². The van der Waals surface area contributed by atoms with Crippen molar-refractivity contribution < 1.29 is 28.5 Å². The van der Waals surface area contributed by atoms with E-state index in [2.05, 4.69) is 13.8 Å². The Kier molecular flexibility index (Phi) is 10.7. The molecule has 0 aromatic carbocycles. The third-order valence-corrected chi connectivity index (χ3v) is 6.56. The molecule has 0 N–H and O–H groups in total. The Balaban J connectivity index is 1.46. The second-order valence-electron chi connectivity index (χ2n) is 9.95. The minimum atomic E-state index is -0.660. The number of unbranched alkanes of at least 4 members (excludes halogenated alkanes) is 6. The molecule has 0 bridgehead atoms. The zero-order chi connectivity index (χ0) is 23.0. The number of hydroxylamine groups is 2. The minimum absolute atomic E-state index is 0.139. The van der Waals surface area contributed by atoms with Crippen LogP contribution in [0, 0.1) is 0 Å². The Morgan fingerprint density at radius 2 is 1.59 bits per heavy atom. The molecule has 3 rings (SSSR count). The highest BCUT2D eigenvalue weighted by Crippen LogP contribution is 2.41. The van der Waals surface area contributed by atoms with Crippen molar-refractivity contribution in [3.05, 3.63) is 0 Å². The maximum atomic E-state index is 6.30. The highest BCUT2D eigenvalue weighted by atomic mass is 16.8. The van der Waals surface area contributed by atoms with Crippen LogP contribution in [0.1, 0.15) is 98.8 Å². The second kappa shape index (κ2) is 13.0. The van der Waals surface area contributed by atoms with Crippen LogP contribution in [-0.2, 0) is 28.5 Å². The average Bonchev–Trinajstić information content (AvgIpc) is 3.45. The van der Waals surface area contributed by atoms with E-state index in [0.717, 1.165) is 25.9 Å². The molecule has 188 valence electrons. The van der Waals surface area contributed by atoms with Gasteiger partial charge in [-0.3, -0.25) is 4.84 Å². The van der Waals surface area contributed by atoms with E-state index < -0.39 is 12.1 Å². The van der Waals surface area contributed by atoms with Gasteiger partial charge < -0.3 is 23.7 Å². The molecule has 0 aromatic rings. The first kappa shape index (κ1) is 26.3. The van der Waals surface area contributed by atoms with Crippen molar-refractivity contribution in [2.75, 3.05) is 19.7 Å². The smallest absolute Gasteiger partial charge is 0.190 e. The summed E-state index contributed by atoms with van der Waals surface area (Å²) in [4.78, 5) is 6.16. The fourth-order valence-corrected chi connectivity index (χ4v) is 4.84. The van der Waals surface area contributed by atoms with Gasteiger partial charge in [-0.15, -0.1) is 0 Å². The molecule has 3 aliphatic heterocycles. The first-order valence-corrected chi connectivity index (χ1v) is 13.1. The third kappa shape index (κ3) is 7.62. The molecule has 7 nitrogen and oxygen atoms in total. The Labute approximate surface area is 195 Å². The van der Waals surface area contributed by atoms with Crippen LogP contribution in [-0.4, -0.2) is 67.5 Å². The molecule has 0 saturated carbocycles. The number of hydrogen-bond acceptors (Lipinski definition) is 7. The van der Waals surface area contributed by atoms with Gasteiger partial charge in [0.1, 0.15) is 24.4 Å². The van der Waals surface area contributed by atoms with Gasteiger partial charge in [-0.1, -0.05) is 52.4 Å². The summed E-state index contributed by atoms with van der Waals surface area (Å²) in [5.41, 5.74) is 0. The van der Waals surface area contributed by atoms with Crippen molar-refractivity contribution in [2.45, 2.75) is 142 Å². The second-order valence-corrected chi connectivity index (χ2v) is 9.95. The first-order valence-electron chi connectivity index (χ1n) is 13.1. The molecule has 3 heterocycles. The van der Waals surface area contributed by atoms with Gasteiger partial charge in [-0.2, -0.15) is 5.06 Å². The van der Waals surface area contributed by atoms with E-state index >= 15 is 0 Å². The lowest BCUT2D eigenvalue weighted by Crippen LogP contribution is -2.41. The fourth-order valence-electron chi connectivity index (χ4n) is 4.84. The summed E-state index contributed by atoms with van der Waals surface area (Å²) in [6.45, 7) is 12.9. The molecule has 6 atom stereocenters. The summed E-state index contributed by atoms with van der Waals surface area (Å²) in [5.74, 6) is -0.660. The number of fused-ring (bicyclic) bond motifs is 1. The molecule has 7 heteroatoms. The molecule has 0 amide bonds. The SMILES string of the molecule is CCCCCCCCCOC(CC)O[C@H]1O[C@H]([C@@H](C)ON2CCCC2)[C@@H]2OC(C)(C)O[C@H]12. The Bertz CT molecular complexity index is 527. The Morgan fingerprint density at radius 1 is 0.938 bits per heavy atom. The molecular weight excluding hydrogens is 410 g/mol. The highest BCUT2D eigenvalue weighted by Gasteiger charge is 2.58. The summed E-state index contributed by atoms with van der Waals surface area (Å²) in [5, 5.41) is 2.04. The first-order chi connectivity index (χ1) is 15.4. The predicted molar refractivity (Wildman–Crippen MR) is 123 cm³/mol. The molecule has 3 saturated heterocycles. The lowest BCUT2D eigenvalue weighted by Gasteiger charge is -2.30. The topological polar surface area (TPSA) is 58.6 Å². The van der Waals surface area contributed by atoms with Crippen molar-refractivity contribution in [1.29, 1.82) is 0 Å². The van der Waals surface area contributed by atoms with E-state index in [1.165, 1.54) is 51.4 Å². The Hall–Kier alpha value is -0.280. The zero-order valence-corrected chi connectivity index (χ0v) is 21.1. The molecule has 3 aliphatic rings. The van der Waals surface area contributed by atoms with Gasteiger partial charge in [0.25, 0.3) is 0 Å². The van der Waals surface area contributed by atoms with Crippen LogP contribution in [0.15, 0.2) is 0 Å². The zero-order valence-electron chi connectivity index (χ0n) is 21.1. The molecule has 0 aromatic heterocycles. The molecular formula is C25H47NO6. The standard InChI is InChI=1S/C25H47NO6/c1-6-8-9-10-11-12-15-18-27-20(7-2)28-24-23-22(30-25(4,5)31-23)21(29-24)19(3)32-26-16-13-14-17-26/h19-24H,6-18H2,1-5H3/t19-,20?,21-,22+,23+,24+/m1/s1. The fraction of sp³-hybridized carbons (Fsp3) is 1.00. The molecule has 3 fully saturated rings. The van der Waals surface area contributed by atoms with Crippen LogP contribution in [0.25, 0.3) is 0 Å². The summed E-state index contributed by atoms with van der Waals surface area (Å²) in [6, 6.07) is 0.